The van der Waals surface area contributed by atoms with Crippen molar-refractivity contribution in [2.45, 2.75) is 38.5 Å². The maximum Gasteiger partial charge on any atom is 0.411 e. The molecule has 4 rings (SSSR count). The molecule has 2 N–H and O–H groups in total. The van der Waals surface area contributed by atoms with E-state index in [-0.39, 0.29) is 41.7 Å². The van der Waals surface area contributed by atoms with Crippen LogP contribution in [0.25, 0.3) is 11.0 Å². The maximum absolute atomic E-state index is 12.7. The first-order chi connectivity index (χ1) is 18.0. The van der Waals surface area contributed by atoms with Crippen LogP contribution < -0.4 is 15.5 Å². The lowest BCUT2D eigenvalue weighted by Crippen LogP contribution is -2.49. The highest BCUT2D eigenvalue weighted by atomic mass is 19.4. The van der Waals surface area contributed by atoms with Crippen LogP contribution in [0.3, 0.4) is 0 Å². The highest BCUT2D eigenvalue weighted by Crippen LogP contribution is 2.29. The molecule has 10 nitrogen and oxygen atoms in total. The Labute approximate surface area is 213 Å². The minimum Gasteiger partial charge on any atom is -0.370 e. The molecule has 1 fully saturated rings. The van der Waals surface area contributed by atoms with Gasteiger partial charge >= 0.3 is 12.4 Å². The smallest absolute Gasteiger partial charge is 0.370 e. The standard InChI is InChI=1S/C22H26F6N8O2/c1-14-10-35(7-6-29-14)20-32-17-15(11-38-13-22(26,27)28)34-36(8-9-37-12-21(23,24)25)18(17)19(33-20)31-16-4-2-3-5-30-16/h2-5,14,29H,6-13H2,1H3,(H,30,31,32,33)/t14-/m1/s1. The van der Waals surface area contributed by atoms with E-state index in [0.29, 0.717) is 31.4 Å². The maximum atomic E-state index is 12.7. The number of rotatable bonds is 10. The minimum atomic E-state index is -4.55. The Balaban J connectivity index is 1.74. The molecule has 1 aliphatic rings. The SMILES string of the molecule is C[C@@H]1CN(c2nc(Nc3ccccn3)c3c(n2)c(COCC(F)(F)F)nn3CCOCC(F)(F)F)CCN1. The first-order valence-electron chi connectivity index (χ1n) is 11.7. The van der Waals surface area contributed by atoms with E-state index in [1.165, 1.54) is 4.68 Å². The van der Waals surface area contributed by atoms with Crippen LogP contribution in [0.15, 0.2) is 24.4 Å². The van der Waals surface area contributed by atoms with Gasteiger partial charge in [-0.1, -0.05) is 6.07 Å². The van der Waals surface area contributed by atoms with Crippen LogP contribution in [0, 0.1) is 0 Å². The number of nitrogens with one attached hydrogen (secondary N) is 2. The predicted octanol–water partition coefficient (Wildman–Crippen LogP) is 3.42. The van der Waals surface area contributed by atoms with Crippen molar-refractivity contribution in [1.82, 2.24) is 30.0 Å². The molecule has 0 saturated carbocycles. The van der Waals surface area contributed by atoms with E-state index < -0.39 is 32.2 Å². The number of anilines is 3. The second-order valence-electron chi connectivity index (χ2n) is 8.66. The summed E-state index contributed by atoms with van der Waals surface area (Å²) in [5.41, 5.74) is 0.553. The van der Waals surface area contributed by atoms with Crippen molar-refractivity contribution in [3.05, 3.63) is 30.1 Å². The summed E-state index contributed by atoms with van der Waals surface area (Å²) in [6.45, 7) is -0.154. The van der Waals surface area contributed by atoms with E-state index >= 15 is 0 Å². The van der Waals surface area contributed by atoms with Gasteiger partial charge < -0.3 is 25.0 Å². The van der Waals surface area contributed by atoms with Crippen LogP contribution in [0.5, 0.6) is 0 Å². The summed E-state index contributed by atoms with van der Waals surface area (Å²) in [5, 5.41) is 10.7. The fourth-order valence-corrected chi connectivity index (χ4v) is 3.89. The summed E-state index contributed by atoms with van der Waals surface area (Å²) in [4.78, 5) is 15.4. The number of hydrogen-bond donors (Lipinski definition) is 2. The number of aromatic nitrogens is 5. The van der Waals surface area contributed by atoms with Crippen LogP contribution in [0.1, 0.15) is 12.6 Å². The Bertz CT molecular complexity index is 1200. The Morgan fingerprint density at radius 3 is 2.53 bits per heavy atom. The van der Waals surface area contributed by atoms with Gasteiger partial charge in [0.05, 0.1) is 19.8 Å². The summed E-state index contributed by atoms with van der Waals surface area (Å²) >= 11 is 0. The normalized spacial score (nSPS) is 16.8. The molecule has 1 aliphatic heterocycles. The van der Waals surface area contributed by atoms with Gasteiger partial charge in [0.1, 0.15) is 35.8 Å². The van der Waals surface area contributed by atoms with E-state index in [1.54, 1.807) is 24.4 Å². The molecule has 3 aromatic rings. The number of halogens is 6. The first kappa shape index (κ1) is 27.8. The molecule has 16 heteroatoms. The molecule has 0 spiro atoms. The van der Waals surface area contributed by atoms with Gasteiger partial charge in [-0.2, -0.15) is 36.4 Å². The van der Waals surface area contributed by atoms with Gasteiger partial charge in [-0.15, -0.1) is 0 Å². The van der Waals surface area contributed by atoms with Crippen molar-refractivity contribution in [3.8, 4) is 0 Å². The fraction of sp³-hybridized carbons (Fsp3) is 0.545. The monoisotopic (exact) mass is 548 g/mol. The van der Waals surface area contributed by atoms with E-state index in [2.05, 4.69) is 30.7 Å². The van der Waals surface area contributed by atoms with Gasteiger partial charge in [0.25, 0.3) is 0 Å². The molecular weight excluding hydrogens is 522 g/mol. The average molecular weight is 548 g/mol. The molecule has 0 unspecified atom stereocenters. The molecule has 0 radical (unpaired) electrons. The Kier molecular flexibility index (Phi) is 8.52. The first-order valence-corrected chi connectivity index (χ1v) is 11.7. The average Bonchev–Trinajstić information content (AvgIpc) is 3.19. The number of ether oxygens (including phenoxy) is 2. The summed E-state index contributed by atoms with van der Waals surface area (Å²) < 4.78 is 86.6. The lowest BCUT2D eigenvalue weighted by atomic mass is 10.2. The largest absolute Gasteiger partial charge is 0.411 e. The van der Waals surface area contributed by atoms with Crippen molar-refractivity contribution < 1.29 is 35.8 Å². The fourth-order valence-electron chi connectivity index (χ4n) is 3.89. The third-order valence-corrected chi connectivity index (χ3v) is 5.43. The second-order valence-corrected chi connectivity index (χ2v) is 8.66. The van der Waals surface area contributed by atoms with Crippen LogP contribution in [-0.4, -0.2) is 82.6 Å². The molecule has 208 valence electrons. The molecule has 1 saturated heterocycles. The van der Waals surface area contributed by atoms with Crippen molar-refractivity contribution in [3.63, 3.8) is 0 Å². The predicted molar refractivity (Wildman–Crippen MR) is 125 cm³/mol. The molecule has 0 bridgehead atoms. The Hall–Kier alpha value is -3.24. The minimum absolute atomic E-state index is 0.0796. The summed E-state index contributed by atoms with van der Waals surface area (Å²) in [6.07, 6.45) is -7.50. The third kappa shape index (κ3) is 7.64. The van der Waals surface area contributed by atoms with Gasteiger partial charge in [-0.05, 0) is 19.1 Å². The number of alkyl halides is 6. The zero-order valence-electron chi connectivity index (χ0n) is 20.3. The zero-order valence-corrected chi connectivity index (χ0v) is 20.3. The van der Waals surface area contributed by atoms with Crippen molar-refractivity contribution >= 4 is 28.6 Å². The molecular formula is C22H26F6N8O2. The van der Waals surface area contributed by atoms with Gasteiger partial charge in [0.2, 0.25) is 5.95 Å². The number of nitrogens with zero attached hydrogens (tertiary/aromatic N) is 6. The number of piperazine rings is 1. The highest BCUT2D eigenvalue weighted by Gasteiger charge is 2.30. The quantitative estimate of drug-likeness (QED) is 0.292. The lowest BCUT2D eigenvalue weighted by molar-refractivity contribution is -0.177. The molecule has 3 aromatic heterocycles. The summed E-state index contributed by atoms with van der Waals surface area (Å²) in [6, 6.07) is 5.28. The van der Waals surface area contributed by atoms with Gasteiger partial charge in [0.15, 0.2) is 5.82 Å². The van der Waals surface area contributed by atoms with Crippen LogP contribution >= 0.6 is 0 Å². The van der Waals surface area contributed by atoms with Gasteiger partial charge in [-0.25, -0.2) is 9.97 Å². The van der Waals surface area contributed by atoms with Crippen LogP contribution in [0.2, 0.25) is 0 Å². The molecule has 1 atom stereocenters. The second kappa shape index (κ2) is 11.7. The number of pyridine rings is 1. The molecule has 0 aromatic carbocycles. The van der Waals surface area contributed by atoms with E-state index in [4.69, 9.17) is 9.47 Å². The zero-order chi connectivity index (χ0) is 27.3. The third-order valence-electron chi connectivity index (χ3n) is 5.43. The van der Waals surface area contributed by atoms with E-state index in [1.807, 2.05) is 11.8 Å². The van der Waals surface area contributed by atoms with E-state index in [9.17, 15) is 26.3 Å². The Morgan fingerprint density at radius 2 is 1.84 bits per heavy atom. The van der Waals surface area contributed by atoms with Crippen molar-refractivity contribution in [2.24, 2.45) is 0 Å². The van der Waals surface area contributed by atoms with Gasteiger partial charge in [0, 0.05) is 31.9 Å². The number of fused-ring (bicyclic) bond motifs is 1. The molecule has 0 amide bonds. The summed E-state index contributed by atoms with van der Waals surface area (Å²) in [7, 11) is 0. The summed E-state index contributed by atoms with van der Waals surface area (Å²) in [5.74, 6) is 0.970. The lowest BCUT2D eigenvalue weighted by Gasteiger charge is -2.32. The van der Waals surface area contributed by atoms with Gasteiger partial charge in [-0.3, -0.25) is 4.68 Å². The Morgan fingerprint density at radius 1 is 1.08 bits per heavy atom. The topological polar surface area (TPSA) is 102 Å². The molecule has 38 heavy (non-hydrogen) atoms. The number of hydrogen-bond acceptors (Lipinski definition) is 9. The van der Waals surface area contributed by atoms with Crippen molar-refractivity contribution in [1.29, 1.82) is 0 Å². The van der Waals surface area contributed by atoms with Crippen LogP contribution in [-0.2, 0) is 22.6 Å². The van der Waals surface area contributed by atoms with E-state index in [0.717, 1.165) is 0 Å². The van der Waals surface area contributed by atoms with Crippen LogP contribution in [0.4, 0.5) is 43.9 Å². The highest BCUT2D eigenvalue weighted by molar-refractivity contribution is 5.90. The van der Waals surface area contributed by atoms with Crippen molar-refractivity contribution in [2.75, 3.05) is 49.7 Å². The molecule has 4 heterocycles. The molecule has 0 aliphatic carbocycles.